The molecule has 1 fully saturated rings. The molecule has 1 amide bonds. The number of nitrogens with zero attached hydrogens (tertiary/aromatic N) is 2. The molecule has 2 heterocycles. The molecule has 3 aromatic rings. The van der Waals surface area contributed by atoms with Gasteiger partial charge in [-0.1, -0.05) is 24.3 Å². The van der Waals surface area contributed by atoms with Gasteiger partial charge in [-0.15, -0.1) is 0 Å². The summed E-state index contributed by atoms with van der Waals surface area (Å²) in [5.41, 5.74) is 2.45. The van der Waals surface area contributed by atoms with Gasteiger partial charge in [-0.05, 0) is 30.5 Å². The minimum Gasteiger partial charge on any atom is -0.481 e. The minimum atomic E-state index is -0.0414. The van der Waals surface area contributed by atoms with Crippen molar-refractivity contribution < 1.29 is 9.53 Å². The van der Waals surface area contributed by atoms with Crippen LogP contribution >= 0.6 is 0 Å². The number of rotatable bonds is 6. The number of ether oxygens (including phenoxy) is 1. The van der Waals surface area contributed by atoms with Gasteiger partial charge in [-0.2, -0.15) is 0 Å². The standard InChI is InChI=1S/C20H20N4O2/c1-26-19-9-6-13(12-22-19)11-21-18-10-16(20(25)23-14-7-8-14)15-4-2-3-5-17(15)24-18/h2-6,9-10,12,14H,7-8,11H2,1H3,(H,21,24)(H,23,25). The van der Waals surface area contributed by atoms with Crippen LogP contribution in [0.5, 0.6) is 5.88 Å². The van der Waals surface area contributed by atoms with E-state index in [1.54, 1.807) is 13.3 Å². The number of amides is 1. The fourth-order valence-corrected chi connectivity index (χ4v) is 2.77. The Labute approximate surface area is 151 Å². The fourth-order valence-electron chi connectivity index (χ4n) is 2.77. The summed E-state index contributed by atoms with van der Waals surface area (Å²) in [5, 5.41) is 7.20. The van der Waals surface area contributed by atoms with Crippen LogP contribution in [0, 0.1) is 0 Å². The highest BCUT2D eigenvalue weighted by Crippen LogP contribution is 2.24. The average molecular weight is 348 g/mol. The molecule has 6 nitrogen and oxygen atoms in total. The number of carbonyl (C=O) groups excluding carboxylic acids is 1. The molecule has 0 spiro atoms. The van der Waals surface area contributed by atoms with Crippen molar-refractivity contribution in [3.8, 4) is 5.88 Å². The highest BCUT2D eigenvalue weighted by molar-refractivity contribution is 6.07. The van der Waals surface area contributed by atoms with E-state index in [-0.39, 0.29) is 5.91 Å². The second-order valence-corrected chi connectivity index (χ2v) is 6.38. The minimum absolute atomic E-state index is 0.0414. The smallest absolute Gasteiger partial charge is 0.252 e. The lowest BCUT2D eigenvalue weighted by Crippen LogP contribution is -2.25. The highest BCUT2D eigenvalue weighted by atomic mass is 16.5. The number of nitrogens with one attached hydrogen (secondary N) is 2. The maximum atomic E-state index is 12.6. The third kappa shape index (κ3) is 3.59. The van der Waals surface area contributed by atoms with Crippen molar-refractivity contribution in [3.05, 3.63) is 59.8 Å². The van der Waals surface area contributed by atoms with E-state index >= 15 is 0 Å². The van der Waals surface area contributed by atoms with E-state index in [0.717, 1.165) is 29.3 Å². The van der Waals surface area contributed by atoms with Gasteiger partial charge in [-0.3, -0.25) is 4.79 Å². The zero-order valence-corrected chi connectivity index (χ0v) is 14.5. The quantitative estimate of drug-likeness (QED) is 0.716. The Balaban J connectivity index is 1.58. The molecule has 26 heavy (non-hydrogen) atoms. The topological polar surface area (TPSA) is 76.1 Å². The molecule has 0 unspecified atom stereocenters. The Kier molecular flexibility index (Phi) is 4.39. The Morgan fingerprint density at radius 2 is 2.08 bits per heavy atom. The highest BCUT2D eigenvalue weighted by Gasteiger charge is 2.25. The zero-order chi connectivity index (χ0) is 17.9. The maximum absolute atomic E-state index is 12.6. The Morgan fingerprint density at radius 3 is 2.81 bits per heavy atom. The van der Waals surface area contributed by atoms with E-state index in [9.17, 15) is 4.79 Å². The molecule has 132 valence electrons. The first-order chi connectivity index (χ1) is 12.7. The molecule has 0 aliphatic heterocycles. The number of para-hydroxylation sites is 1. The number of hydrogen-bond acceptors (Lipinski definition) is 5. The molecule has 0 atom stereocenters. The number of aromatic nitrogens is 2. The molecule has 0 radical (unpaired) electrons. The van der Waals surface area contributed by atoms with Crippen molar-refractivity contribution in [1.29, 1.82) is 0 Å². The van der Waals surface area contributed by atoms with E-state index in [0.29, 0.717) is 29.8 Å². The lowest BCUT2D eigenvalue weighted by molar-refractivity contribution is 0.0952. The molecule has 2 N–H and O–H groups in total. The van der Waals surface area contributed by atoms with Crippen LogP contribution in [0.1, 0.15) is 28.8 Å². The first-order valence-corrected chi connectivity index (χ1v) is 8.66. The zero-order valence-electron chi connectivity index (χ0n) is 14.5. The number of carbonyl (C=O) groups is 1. The van der Waals surface area contributed by atoms with Crippen LogP contribution < -0.4 is 15.4 Å². The molecule has 1 aliphatic carbocycles. The molecular weight excluding hydrogens is 328 g/mol. The predicted molar refractivity (Wildman–Crippen MR) is 100 cm³/mol. The number of fused-ring (bicyclic) bond motifs is 1. The first-order valence-electron chi connectivity index (χ1n) is 8.66. The van der Waals surface area contributed by atoms with Gasteiger partial charge in [0, 0.05) is 30.2 Å². The van der Waals surface area contributed by atoms with Crippen LogP contribution in [0.4, 0.5) is 5.82 Å². The largest absolute Gasteiger partial charge is 0.481 e. The van der Waals surface area contributed by atoms with Crippen LogP contribution in [-0.2, 0) is 6.54 Å². The van der Waals surface area contributed by atoms with Crippen molar-refractivity contribution in [2.24, 2.45) is 0 Å². The maximum Gasteiger partial charge on any atom is 0.252 e. The third-order valence-corrected chi connectivity index (χ3v) is 4.35. The van der Waals surface area contributed by atoms with Crippen molar-refractivity contribution in [2.75, 3.05) is 12.4 Å². The van der Waals surface area contributed by atoms with Crippen LogP contribution in [-0.4, -0.2) is 29.0 Å². The second kappa shape index (κ2) is 7.00. The van der Waals surface area contributed by atoms with Crippen molar-refractivity contribution in [3.63, 3.8) is 0 Å². The van der Waals surface area contributed by atoms with Crippen LogP contribution in [0.15, 0.2) is 48.7 Å². The number of benzene rings is 1. The molecular formula is C20H20N4O2. The third-order valence-electron chi connectivity index (χ3n) is 4.35. The van der Waals surface area contributed by atoms with Crippen LogP contribution in [0.25, 0.3) is 10.9 Å². The van der Waals surface area contributed by atoms with Crippen LogP contribution in [0.3, 0.4) is 0 Å². The van der Waals surface area contributed by atoms with E-state index in [1.807, 2.05) is 42.5 Å². The van der Waals surface area contributed by atoms with Gasteiger partial charge in [0.25, 0.3) is 5.91 Å². The van der Waals surface area contributed by atoms with Gasteiger partial charge in [0.05, 0.1) is 18.2 Å². The average Bonchev–Trinajstić information content (AvgIpc) is 3.50. The summed E-state index contributed by atoms with van der Waals surface area (Å²) in [6, 6.07) is 13.6. The van der Waals surface area contributed by atoms with Crippen molar-refractivity contribution >= 4 is 22.6 Å². The summed E-state index contributed by atoms with van der Waals surface area (Å²) < 4.78 is 5.07. The molecule has 0 bridgehead atoms. The Hall–Kier alpha value is -3.15. The molecule has 2 aromatic heterocycles. The van der Waals surface area contributed by atoms with Gasteiger partial charge < -0.3 is 15.4 Å². The number of methoxy groups -OCH3 is 1. The van der Waals surface area contributed by atoms with E-state index in [4.69, 9.17) is 4.74 Å². The summed E-state index contributed by atoms with van der Waals surface area (Å²) in [4.78, 5) is 21.4. The summed E-state index contributed by atoms with van der Waals surface area (Å²) in [7, 11) is 1.59. The fraction of sp³-hybridized carbons (Fsp3) is 0.250. The lowest BCUT2D eigenvalue weighted by Gasteiger charge is -2.11. The molecule has 1 saturated carbocycles. The summed E-state index contributed by atoms with van der Waals surface area (Å²) in [6.07, 6.45) is 3.88. The Morgan fingerprint density at radius 1 is 1.23 bits per heavy atom. The first kappa shape index (κ1) is 16.3. The van der Waals surface area contributed by atoms with Crippen molar-refractivity contribution in [1.82, 2.24) is 15.3 Å². The van der Waals surface area contributed by atoms with Crippen molar-refractivity contribution in [2.45, 2.75) is 25.4 Å². The second-order valence-electron chi connectivity index (χ2n) is 6.38. The van der Waals surface area contributed by atoms with Gasteiger partial charge in [-0.25, -0.2) is 9.97 Å². The molecule has 6 heteroatoms. The van der Waals surface area contributed by atoms with Gasteiger partial charge >= 0.3 is 0 Å². The normalized spacial score (nSPS) is 13.4. The molecule has 0 saturated heterocycles. The Bertz CT molecular complexity index is 936. The SMILES string of the molecule is COc1ccc(CNc2cc(C(=O)NC3CC3)c3ccccc3n2)cn1. The molecule has 1 aliphatic rings. The van der Waals surface area contributed by atoms with E-state index in [1.165, 1.54) is 0 Å². The van der Waals surface area contributed by atoms with E-state index < -0.39 is 0 Å². The van der Waals surface area contributed by atoms with Gasteiger partial charge in [0.1, 0.15) is 5.82 Å². The van der Waals surface area contributed by atoms with E-state index in [2.05, 4.69) is 20.6 Å². The van der Waals surface area contributed by atoms with Gasteiger partial charge in [0.15, 0.2) is 0 Å². The van der Waals surface area contributed by atoms with Gasteiger partial charge in [0.2, 0.25) is 5.88 Å². The summed E-state index contributed by atoms with van der Waals surface area (Å²) in [6.45, 7) is 0.562. The molecule has 1 aromatic carbocycles. The molecule has 4 rings (SSSR count). The number of hydrogen-bond donors (Lipinski definition) is 2. The predicted octanol–water partition coefficient (Wildman–Crippen LogP) is 3.14. The van der Waals surface area contributed by atoms with Crippen LogP contribution in [0.2, 0.25) is 0 Å². The lowest BCUT2D eigenvalue weighted by atomic mass is 10.1. The summed E-state index contributed by atoms with van der Waals surface area (Å²) >= 11 is 0. The summed E-state index contributed by atoms with van der Waals surface area (Å²) in [5.74, 6) is 1.21. The number of anilines is 1. The number of pyridine rings is 2. The monoisotopic (exact) mass is 348 g/mol.